The van der Waals surface area contributed by atoms with E-state index in [0.717, 1.165) is 24.7 Å². The van der Waals surface area contributed by atoms with Gasteiger partial charge in [0.2, 0.25) is 5.91 Å². The van der Waals surface area contributed by atoms with Gasteiger partial charge in [0, 0.05) is 38.4 Å². The van der Waals surface area contributed by atoms with Crippen LogP contribution in [-0.4, -0.2) is 36.5 Å². The molecular weight excluding hydrogens is 489 g/mol. The number of hydrogen-bond acceptors (Lipinski definition) is 3. The van der Waals surface area contributed by atoms with Gasteiger partial charge in [0.1, 0.15) is 17.7 Å². The third-order valence-corrected chi connectivity index (χ3v) is 7.31. The molecule has 1 unspecified atom stereocenters. The number of nitrogens with zero attached hydrogens (tertiary/aromatic N) is 1. The average molecular weight is 525 g/mol. The number of piperidine rings is 1. The first-order valence-electron chi connectivity index (χ1n) is 13.3. The lowest BCUT2D eigenvalue weighted by atomic mass is 9.94. The highest BCUT2D eigenvalue weighted by Crippen LogP contribution is 2.24. The van der Waals surface area contributed by atoms with Crippen LogP contribution in [0.25, 0.3) is 0 Å². The second-order valence-corrected chi connectivity index (χ2v) is 10.0. The van der Waals surface area contributed by atoms with Gasteiger partial charge in [-0.3, -0.25) is 4.79 Å². The molecule has 0 bridgehead atoms. The van der Waals surface area contributed by atoms with Crippen LogP contribution in [0, 0.1) is 23.4 Å². The predicted molar refractivity (Wildman–Crippen MR) is 142 cm³/mol. The fourth-order valence-electron chi connectivity index (χ4n) is 5.04. The third kappa shape index (κ3) is 7.16. The van der Waals surface area contributed by atoms with Gasteiger partial charge in [-0.05, 0) is 72.2 Å². The number of halogens is 3. The number of likely N-dealkylation sites (tertiary alicyclic amines) is 1. The van der Waals surface area contributed by atoms with Gasteiger partial charge in [-0.25, -0.2) is 13.2 Å². The van der Waals surface area contributed by atoms with E-state index in [1.54, 1.807) is 4.90 Å². The number of carbonyl (C=O) groups is 1. The summed E-state index contributed by atoms with van der Waals surface area (Å²) >= 11 is 0. The molecule has 4 rings (SSSR count). The van der Waals surface area contributed by atoms with Crippen molar-refractivity contribution in [3.05, 3.63) is 100 Å². The van der Waals surface area contributed by atoms with Crippen molar-refractivity contribution in [2.45, 2.75) is 51.6 Å². The Bertz CT molecular complexity index is 1220. The Morgan fingerprint density at radius 2 is 1.61 bits per heavy atom. The van der Waals surface area contributed by atoms with Crippen LogP contribution in [0.15, 0.2) is 60.7 Å². The fraction of sp³-hybridized carbons (Fsp3) is 0.387. The van der Waals surface area contributed by atoms with Gasteiger partial charge in [-0.15, -0.1) is 0 Å². The highest BCUT2D eigenvalue weighted by Gasteiger charge is 2.26. The van der Waals surface area contributed by atoms with E-state index in [2.05, 4.69) is 43.3 Å². The van der Waals surface area contributed by atoms with Crippen LogP contribution in [0.4, 0.5) is 13.2 Å². The predicted octanol–water partition coefficient (Wildman–Crippen LogP) is 5.83. The molecule has 38 heavy (non-hydrogen) atoms. The molecule has 0 aliphatic carbocycles. The molecule has 0 radical (unpaired) electrons. The number of ether oxygens (including phenoxy) is 1. The summed E-state index contributed by atoms with van der Waals surface area (Å²) in [5.74, 6) is -2.78. The van der Waals surface area contributed by atoms with Crippen molar-refractivity contribution in [2.75, 3.05) is 19.6 Å². The molecule has 1 heterocycles. The first-order valence-corrected chi connectivity index (χ1v) is 13.3. The maximum absolute atomic E-state index is 14.0. The average Bonchev–Trinajstić information content (AvgIpc) is 2.93. The Morgan fingerprint density at radius 1 is 0.947 bits per heavy atom. The number of rotatable bonds is 10. The van der Waals surface area contributed by atoms with Gasteiger partial charge in [-0.1, -0.05) is 43.3 Å². The quantitative estimate of drug-likeness (QED) is 0.339. The van der Waals surface area contributed by atoms with Crippen molar-refractivity contribution in [3.8, 4) is 5.75 Å². The number of hydrogen-bond donors (Lipinski definition) is 1. The zero-order valence-electron chi connectivity index (χ0n) is 21.8. The van der Waals surface area contributed by atoms with E-state index in [-0.39, 0.29) is 42.9 Å². The lowest BCUT2D eigenvalue weighted by Crippen LogP contribution is -2.42. The molecule has 0 aromatic heterocycles. The molecular formula is C31H35F3N2O2. The van der Waals surface area contributed by atoms with Crippen molar-refractivity contribution >= 4 is 5.91 Å². The topological polar surface area (TPSA) is 55.6 Å². The number of benzene rings is 3. The van der Waals surface area contributed by atoms with Gasteiger partial charge in [0.05, 0.1) is 0 Å². The summed E-state index contributed by atoms with van der Waals surface area (Å²) < 4.78 is 47.0. The number of carbonyl (C=O) groups excluding carboxylic acids is 1. The van der Waals surface area contributed by atoms with E-state index in [0.29, 0.717) is 32.0 Å². The number of nitrogens with two attached hydrogens (primary N) is 1. The maximum Gasteiger partial charge on any atom is 0.222 e. The lowest BCUT2D eigenvalue weighted by Gasteiger charge is -2.33. The van der Waals surface area contributed by atoms with Crippen molar-refractivity contribution < 1.29 is 22.7 Å². The largest absolute Gasteiger partial charge is 0.490 e. The minimum Gasteiger partial charge on any atom is -0.490 e. The summed E-state index contributed by atoms with van der Waals surface area (Å²) in [6, 6.07) is 18.1. The van der Waals surface area contributed by atoms with Crippen LogP contribution in [0.3, 0.4) is 0 Å². The van der Waals surface area contributed by atoms with Crippen molar-refractivity contribution in [2.24, 2.45) is 11.7 Å². The normalized spacial score (nSPS) is 14.9. The van der Waals surface area contributed by atoms with Crippen LogP contribution in [0.1, 0.15) is 48.4 Å². The van der Waals surface area contributed by atoms with Crippen LogP contribution in [0.2, 0.25) is 0 Å². The molecule has 1 atom stereocenters. The summed E-state index contributed by atoms with van der Waals surface area (Å²) in [6.07, 6.45) is 3.54. The fourth-order valence-corrected chi connectivity index (χ4v) is 5.04. The van der Waals surface area contributed by atoms with E-state index in [4.69, 9.17) is 10.5 Å². The Balaban J connectivity index is 1.25. The van der Waals surface area contributed by atoms with Crippen molar-refractivity contribution in [1.29, 1.82) is 0 Å². The Hall–Kier alpha value is -3.32. The summed E-state index contributed by atoms with van der Waals surface area (Å²) in [5, 5.41) is 0. The van der Waals surface area contributed by atoms with Gasteiger partial charge in [0.25, 0.3) is 0 Å². The first kappa shape index (κ1) is 27.7. The van der Waals surface area contributed by atoms with Crippen LogP contribution in [-0.2, 0) is 24.1 Å². The molecule has 3 aromatic rings. The minimum absolute atomic E-state index is 0.0207. The summed E-state index contributed by atoms with van der Waals surface area (Å²) in [4.78, 5) is 14.6. The SMILES string of the molecule is CCc1ccccc1Cc1ccc(OC2CCN(C(=O)CC(CN)Cc3cc(F)c(F)cc3F)CC2)cc1. The van der Waals surface area contributed by atoms with Gasteiger partial charge in [0.15, 0.2) is 11.6 Å². The van der Waals surface area contributed by atoms with Crippen LogP contribution >= 0.6 is 0 Å². The van der Waals surface area contributed by atoms with Gasteiger partial charge < -0.3 is 15.4 Å². The second-order valence-electron chi connectivity index (χ2n) is 10.0. The summed E-state index contributed by atoms with van der Waals surface area (Å²) in [7, 11) is 0. The smallest absolute Gasteiger partial charge is 0.222 e. The molecule has 7 heteroatoms. The maximum atomic E-state index is 14.0. The van der Waals surface area contributed by atoms with Gasteiger partial charge in [-0.2, -0.15) is 0 Å². The highest BCUT2D eigenvalue weighted by atomic mass is 19.2. The van der Waals surface area contributed by atoms with E-state index < -0.39 is 17.5 Å². The summed E-state index contributed by atoms with van der Waals surface area (Å²) in [5.41, 5.74) is 9.78. The number of amides is 1. The Labute approximate surface area is 222 Å². The highest BCUT2D eigenvalue weighted by molar-refractivity contribution is 5.76. The lowest BCUT2D eigenvalue weighted by molar-refractivity contribution is -0.133. The van der Waals surface area contributed by atoms with E-state index in [9.17, 15) is 18.0 Å². The van der Waals surface area contributed by atoms with Gasteiger partial charge >= 0.3 is 0 Å². The van der Waals surface area contributed by atoms with E-state index in [1.807, 2.05) is 12.1 Å². The zero-order valence-corrected chi connectivity index (χ0v) is 21.8. The molecule has 1 saturated heterocycles. The molecule has 1 aliphatic heterocycles. The Kier molecular flexibility index (Phi) is 9.45. The molecule has 1 amide bonds. The van der Waals surface area contributed by atoms with Crippen molar-refractivity contribution in [3.63, 3.8) is 0 Å². The van der Waals surface area contributed by atoms with Crippen LogP contribution < -0.4 is 10.5 Å². The molecule has 1 fully saturated rings. The summed E-state index contributed by atoms with van der Waals surface area (Å²) in [6.45, 7) is 3.44. The van der Waals surface area contributed by atoms with E-state index in [1.165, 1.54) is 16.7 Å². The zero-order chi connectivity index (χ0) is 27.1. The monoisotopic (exact) mass is 524 g/mol. The molecule has 202 valence electrons. The first-order chi connectivity index (χ1) is 18.4. The minimum atomic E-state index is -1.23. The molecule has 4 nitrogen and oxygen atoms in total. The molecule has 3 aromatic carbocycles. The molecule has 0 spiro atoms. The van der Waals surface area contributed by atoms with Crippen LogP contribution in [0.5, 0.6) is 5.75 Å². The van der Waals surface area contributed by atoms with E-state index >= 15 is 0 Å². The molecule has 2 N–H and O–H groups in total. The number of aryl methyl sites for hydroxylation is 1. The third-order valence-electron chi connectivity index (χ3n) is 7.31. The standard InChI is InChI=1S/C31H35F3N2O2/c1-2-23-5-3-4-6-24(23)15-21-7-9-26(10-8-21)38-27-11-13-36(14-12-27)31(37)17-22(20-35)16-25-18-29(33)30(34)19-28(25)32/h3-10,18-19,22,27H,2,11-17,20,35H2,1H3. The molecule has 0 saturated carbocycles. The van der Waals surface area contributed by atoms with Crippen molar-refractivity contribution in [1.82, 2.24) is 4.90 Å². The second kappa shape index (κ2) is 13.0. The Morgan fingerprint density at radius 3 is 2.26 bits per heavy atom. The molecule has 1 aliphatic rings.